The van der Waals surface area contributed by atoms with Crippen LogP contribution in [0.4, 0.5) is 0 Å². The van der Waals surface area contributed by atoms with Gasteiger partial charge in [0, 0.05) is 30.8 Å². The fraction of sp³-hybridized carbons (Fsp3) is 0.300. The van der Waals surface area contributed by atoms with E-state index in [2.05, 4.69) is 9.88 Å². The number of carbonyl (C=O) groups excluding carboxylic acids is 1. The molecule has 152 valence electrons. The lowest BCUT2D eigenvalue weighted by molar-refractivity contribution is 0.0671. The van der Waals surface area contributed by atoms with Crippen molar-refractivity contribution in [3.8, 4) is 11.3 Å². The summed E-state index contributed by atoms with van der Waals surface area (Å²) < 4.78 is 39.2. The van der Waals surface area contributed by atoms with Gasteiger partial charge in [-0.1, -0.05) is 17.3 Å². The summed E-state index contributed by atoms with van der Waals surface area (Å²) in [4.78, 5) is 14.3. The van der Waals surface area contributed by atoms with Crippen LogP contribution in [0.25, 0.3) is 11.3 Å². The van der Waals surface area contributed by atoms with Gasteiger partial charge in [0.05, 0.1) is 17.4 Å². The summed E-state index contributed by atoms with van der Waals surface area (Å²) in [6, 6.07) is 9.66. The molecule has 1 unspecified atom stereocenters. The van der Waals surface area contributed by atoms with E-state index in [-0.39, 0.29) is 22.6 Å². The number of furan rings is 1. The zero-order valence-corrected chi connectivity index (χ0v) is 16.7. The number of hydrogen-bond acceptors (Lipinski definition) is 6. The molecule has 9 heteroatoms. The molecule has 0 radical (unpaired) electrons. The maximum Gasteiger partial charge on any atom is 0.289 e. The summed E-state index contributed by atoms with van der Waals surface area (Å²) >= 11 is 0. The van der Waals surface area contributed by atoms with E-state index in [0.717, 1.165) is 0 Å². The SMILES string of the molecule is Cc1ccc(-c2ccno2)cc1S(=O)(=O)NC1CCCN(C(=O)c2ccco2)C1. The Kier molecular flexibility index (Phi) is 5.25. The van der Waals surface area contributed by atoms with Crippen LogP contribution in [0.5, 0.6) is 0 Å². The van der Waals surface area contributed by atoms with Crippen molar-refractivity contribution in [2.24, 2.45) is 0 Å². The lowest BCUT2D eigenvalue weighted by Gasteiger charge is -2.32. The first kappa shape index (κ1) is 19.4. The normalized spacial score (nSPS) is 17.4. The van der Waals surface area contributed by atoms with Crippen molar-refractivity contribution < 1.29 is 22.2 Å². The molecule has 3 aromatic rings. The molecule has 1 saturated heterocycles. The minimum Gasteiger partial charge on any atom is -0.459 e. The van der Waals surface area contributed by atoms with Crippen molar-refractivity contribution in [2.75, 3.05) is 13.1 Å². The summed E-state index contributed by atoms with van der Waals surface area (Å²) in [5, 5.41) is 3.67. The highest BCUT2D eigenvalue weighted by Crippen LogP contribution is 2.25. The number of hydrogen-bond donors (Lipinski definition) is 1. The summed E-state index contributed by atoms with van der Waals surface area (Å²) in [5.41, 5.74) is 1.26. The molecule has 0 aliphatic carbocycles. The van der Waals surface area contributed by atoms with E-state index in [1.165, 1.54) is 12.5 Å². The number of nitrogens with zero attached hydrogens (tertiary/aromatic N) is 2. The van der Waals surface area contributed by atoms with Gasteiger partial charge in [-0.15, -0.1) is 0 Å². The van der Waals surface area contributed by atoms with Gasteiger partial charge in [0.15, 0.2) is 11.5 Å². The van der Waals surface area contributed by atoms with Gasteiger partial charge < -0.3 is 13.8 Å². The molecule has 3 heterocycles. The first-order valence-electron chi connectivity index (χ1n) is 9.31. The first-order chi connectivity index (χ1) is 13.9. The number of piperidine rings is 1. The standard InChI is InChI=1S/C20H21N3O5S/c1-14-6-7-15(17-8-9-21-28-17)12-19(14)29(25,26)22-16-4-2-10-23(13-16)20(24)18-5-3-11-27-18/h3,5-9,11-12,16,22H,2,4,10,13H2,1H3. The third kappa shape index (κ3) is 4.10. The molecule has 0 saturated carbocycles. The fourth-order valence-electron chi connectivity index (χ4n) is 3.50. The highest BCUT2D eigenvalue weighted by Gasteiger charge is 2.29. The molecule has 8 nitrogen and oxygen atoms in total. The number of rotatable bonds is 5. The predicted molar refractivity (Wildman–Crippen MR) is 105 cm³/mol. The second-order valence-electron chi connectivity index (χ2n) is 7.05. The highest BCUT2D eigenvalue weighted by molar-refractivity contribution is 7.89. The first-order valence-corrected chi connectivity index (χ1v) is 10.8. The monoisotopic (exact) mass is 415 g/mol. The van der Waals surface area contributed by atoms with E-state index in [1.54, 1.807) is 48.2 Å². The van der Waals surface area contributed by atoms with Crippen LogP contribution in [0.15, 0.2) is 62.7 Å². The number of nitrogens with one attached hydrogen (secondary N) is 1. The molecule has 1 aromatic carbocycles. The molecule has 1 atom stereocenters. The van der Waals surface area contributed by atoms with Gasteiger partial charge in [-0.05, 0) is 43.5 Å². The van der Waals surface area contributed by atoms with Gasteiger partial charge in [0.25, 0.3) is 5.91 Å². The van der Waals surface area contributed by atoms with Crippen molar-refractivity contribution in [2.45, 2.75) is 30.7 Å². The largest absolute Gasteiger partial charge is 0.459 e. The van der Waals surface area contributed by atoms with Crippen LogP contribution in [-0.4, -0.2) is 43.5 Å². The van der Waals surface area contributed by atoms with E-state index in [1.807, 2.05) is 0 Å². The molecule has 1 aliphatic heterocycles. The van der Waals surface area contributed by atoms with Crippen molar-refractivity contribution in [3.63, 3.8) is 0 Å². The average Bonchev–Trinajstić information content (AvgIpc) is 3.41. The number of aromatic nitrogens is 1. The summed E-state index contributed by atoms with van der Waals surface area (Å²) in [6.45, 7) is 2.60. The number of aryl methyl sites for hydroxylation is 1. The Labute approximate surface area is 168 Å². The molecule has 0 spiro atoms. The number of amides is 1. The molecule has 1 N–H and O–H groups in total. The molecule has 1 aliphatic rings. The molecular formula is C20H21N3O5S. The van der Waals surface area contributed by atoms with Crippen LogP contribution in [0, 0.1) is 6.92 Å². The lowest BCUT2D eigenvalue weighted by Crippen LogP contribution is -2.49. The summed E-state index contributed by atoms with van der Waals surface area (Å²) in [7, 11) is -3.78. The van der Waals surface area contributed by atoms with Crippen LogP contribution in [-0.2, 0) is 10.0 Å². The van der Waals surface area contributed by atoms with Crippen LogP contribution >= 0.6 is 0 Å². The van der Waals surface area contributed by atoms with Gasteiger partial charge in [0.1, 0.15) is 0 Å². The van der Waals surface area contributed by atoms with Gasteiger partial charge >= 0.3 is 0 Å². The van der Waals surface area contributed by atoms with Crippen molar-refractivity contribution in [1.82, 2.24) is 14.8 Å². The second kappa shape index (κ2) is 7.84. The fourth-order valence-corrected chi connectivity index (χ4v) is 5.04. The van der Waals surface area contributed by atoms with Crippen molar-refractivity contribution in [3.05, 3.63) is 60.2 Å². The molecule has 1 fully saturated rings. The van der Waals surface area contributed by atoms with E-state index < -0.39 is 10.0 Å². The van der Waals surface area contributed by atoms with Crippen LogP contribution in [0.3, 0.4) is 0 Å². The van der Waals surface area contributed by atoms with Gasteiger partial charge in [0.2, 0.25) is 10.0 Å². The minimum atomic E-state index is -3.78. The zero-order chi connectivity index (χ0) is 20.4. The molecule has 2 aromatic heterocycles. The van der Waals surface area contributed by atoms with Crippen molar-refractivity contribution in [1.29, 1.82) is 0 Å². The van der Waals surface area contributed by atoms with Crippen LogP contribution in [0.1, 0.15) is 29.0 Å². The van der Waals surface area contributed by atoms with E-state index >= 15 is 0 Å². The average molecular weight is 415 g/mol. The Hall–Kier alpha value is -2.91. The Morgan fingerprint density at radius 2 is 2.14 bits per heavy atom. The lowest BCUT2D eigenvalue weighted by atomic mass is 10.1. The smallest absolute Gasteiger partial charge is 0.289 e. The van der Waals surface area contributed by atoms with E-state index in [9.17, 15) is 13.2 Å². The number of benzene rings is 1. The molecule has 0 bridgehead atoms. The zero-order valence-electron chi connectivity index (χ0n) is 15.9. The maximum absolute atomic E-state index is 13.1. The van der Waals surface area contributed by atoms with Crippen LogP contribution in [0.2, 0.25) is 0 Å². The van der Waals surface area contributed by atoms with E-state index in [0.29, 0.717) is 42.8 Å². The van der Waals surface area contributed by atoms with E-state index in [4.69, 9.17) is 8.94 Å². The van der Waals surface area contributed by atoms with Gasteiger partial charge in [-0.2, -0.15) is 0 Å². The van der Waals surface area contributed by atoms with Gasteiger partial charge in [-0.25, -0.2) is 13.1 Å². The van der Waals surface area contributed by atoms with Crippen LogP contribution < -0.4 is 4.72 Å². The number of sulfonamides is 1. The number of carbonyl (C=O) groups is 1. The maximum atomic E-state index is 13.1. The molecular weight excluding hydrogens is 394 g/mol. The summed E-state index contributed by atoms with van der Waals surface area (Å²) in [6.07, 6.45) is 4.31. The molecule has 1 amide bonds. The summed E-state index contributed by atoms with van der Waals surface area (Å²) in [5.74, 6) is 0.515. The highest BCUT2D eigenvalue weighted by atomic mass is 32.2. The Morgan fingerprint density at radius 3 is 2.86 bits per heavy atom. The topological polar surface area (TPSA) is 106 Å². The Bertz CT molecular complexity index is 1090. The Morgan fingerprint density at radius 1 is 1.28 bits per heavy atom. The quantitative estimate of drug-likeness (QED) is 0.687. The Balaban J connectivity index is 1.53. The predicted octanol–water partition coefficient (Wildman–Crippen LogP) is 2.83. The molecule has 29 heavy (non-hydrogen) atoms. The van der Waals surface area contributed by atoms with Gasteiger partial charge in [-0.3, -0.25) is 4.79 Å². The third-order valence-electron chi connectivity index (χ3n) is 4.96. The molecule has 4 rings (SSSR count). The minimum absolute atomic E-state index is 0.181. The van der Waals surface area contributed by atoms with Crippen molar-refractivity contribution >= 4 is 15.9 Å². The second-order valence-corrected chi connectivity index (χ2v) is 8.73. The third-order valence-corrected chi connectivity index (χ3v) is 6.62. The number of likely N-dealkylation sites (tertiary alicyclic amines) is 1.